The molecule has 3 nitrogen and oxygen atoms in total. The molecule has 0 radical (unpaired) electrons. The summed E-state index contributed by atoms with van der Waals surface area (Å²) in [5.74, 6) is -0.0145. The number of nitrogens with zero attached hydrogens (tertiary/aromatic N) is 1. The smallest absolute Gasteiger partial charge is 0.217 e. The molecule has 1 aromatic rings. The lowest BCUT2D eigenvalue weighted by molar-refractivity contribution is -0.119. The van der Waals surface area contributed by atoms with E-state index >= 15 is 0 Å². The second-order valence-corrected chi connectivity index (χ2v) is 2.70. The molecule has 1 N–H and O–H groups in total. The number of aromatic nitrogens is 1. The van der Waals surface area contributed by atoms with E-state index in [1.165, 1.54) is 6.92 Å². The van der Waals surface area contributed by atoms with E-state index in [0.717, 1.165) is 5.56 Å². The van der Waals surface area contributed by atoms with Crippen molar-refractivity contribution in [1.29, 1.82) is 0 Å². The van der Waals surface area contributed by atoms with Crippen LogP contribution in [0.5, 0.6) is 0 Å². The largest absolute Gasteiger partial charge is 0.350 e. The van der Waals surface area contributed by atoms with Crippen molar-refractivity contribution in [1.82, 2.24) is 10.3 Å². The number of carbonyl (C=O) groups excluding carboxylic acids is 1. The van der Waals surface area contributed by atoms with Crippen LogP contribution in [0, 0.1) is 0 Å². The monoisotopic (exact) mass is 164 g/mol. The van der Waals surface area contributed by atoms with Crippen LogP contribution >= 0.6 is 0 Å². The van der Waals surface area contributed by atoms with Gasteiger partial charge in [0, 0.05) is 19.3 Å². The van der Waals surface area contributed by atoms with Crippen LogP contribution < -0.4 is 5.32 Å². The zero-order chi connectivity index (χ0) is 8.97. The van der Waals surface area contributed by atoms with Gasteiger partial charge in [-0.2, -0.15) is 0 Å². The molecule has 1 amide bonds. The first kappa shape index (κ1) is 8.71. The van der Waals surface area contributed by atoms with Crippen molar-refractivity contribution in [2.45, 2.75) is 19.9 Å². The fourth-order valence-electron chi connectivity index (χ4n) is 1.04. The third-order valence-electron chi connectivity index (χ3n) is 1.63. The van der Waals surface area contributed by atoms with E-state index in [1.54, 1.807) is 12.4 Å². The third kappa shape index (κ3) is 2.34. The van der Waals surface area contributed by atoms with E-state index in [2.05, 4.69) is 10.3 Å². The van der Waals surface area contributed by atoms with Crippen molar-refractivity contribution in [2.24, 2.45) is 0 Å². The molecule has 0 aliphatic heterocycles. The Kier molecular flexibility index (Phi) is 2.80. The molecule has 0 aromatic carbocycles. The van der Waals surface area contributed by atoms with Gasteiger partial charge in [-0.3, -0.25) is 9.78 Å². The SMILES string of the molecule is CC(=O)NC(C)c1ccncc1. The fourth-order valence-corrected chi connectivity index (χ4v) is 1.04. The summed E-state index contributed by atoms with van der Waals surface area (Å²) in [6, 6.07) is 3.84. The van der Waals surface area contributed by atoms with Crippen LogP contribution in [0.15, 0.2) is 24.5 Å². The van der Waals surface area contributed by atoms with Gasteiger partial charge in [0.2, 0.25) is 5.91 Å². The number of amides is 1. The summed E-state index contributed by atoms with van der Waals surface area (Å²) in [6.45, 7) is 3.45. The van der Waals surface area contributed by atoms with Crippen LogP contribution in [-0.2, 0) is 4.79 Å². The molecule has 1 unspecified atom stereocenters. The van der Waals surface area contributed by atoms with E-state index < -0.39 is 0 Å². The highest BCUT2D eigenvalue weighted by molar-refractivity contribution is 5.73. The Hall–Kier alpha value is -1.38. The van der Waals surface area contributed by atoms with Crippen LogP contribution in [-0.4, -0.2) is 10.9 Å². The average Bonchev–Trinajstić information content (AvgIpc) is 2.05. The fraction of sp³-hybridized carbons (Fsp3) is 0.333. The normalized spacial score (nSPS) is 12.2. The van der Waals surface area contributed by atoms with Gasteiger partial charge >= 0.3 is 0 Å². The zero-order valence-corrected chi connectivity index (χ0v) is 7.24. The Morgan fingerprint density at radius 3 is 2.58 bits per heavy atom. The minimum absolute atomic E-state index is 0.0145. The van der Waals surface area contributed by atoms with E-state index in [0.29, 0.717) is 0 Å². The standard InChI is InChI=1S/C9H12N2O/c1-7(11-8(2)12)9-3-5-10-6-4-9/h3-7H,1-2H3,(H,11,12). The van der Waals surface area contributed by atoms with Gasteiger partial charge in [-0.15, -0.1) is 0 Å². The van der Waals surface area contributed by atoms with Crippen molar-refractivity contribution in [3.05, 3.63) is 30.1 Å². The summed E-state index contributed by atoms with van der Waals surface area (Å²) in [5.41, 5.74) is 1.07. The van der Waals surface area contributed by atoms with Crippen molar-refractivity contribution in [2.75, 3.05) is 0 Å². The Morgan fingerprint density at radius 2 is 2.08 bits per heavy atom. The highest BCUT2D eigenvalue weighted by Gasteiger charge is 2.04. The van der Waals surface area contributed by atoms with Crippen LogP contribution in [0.4, 0.5) is 0 Å². The maximum Gasteiger partial charge on any atom is 0.217 e. The second kappa shape index (κ2) is 3.85. The predicted molar refractivity (Wildman–Crippen MR) is 46.5 cm³/mol. The Morgan fingerprint density at radius 1 is 1.50 bits per heavy atom. The molecule has 0 fully saturated rings. The molecule has 12 heavy (non-hydrogen) atoms. The van der Waals surface area contributed by atoms with Crippen molar-refractivity contribution in [3.63, 3.8) is 0 Å². The lowest BCUT2D eigenvalue weighted by Crippen LogP contribution is -2.23. The molecule has 0 saturated heterocycles. The van der Waals surface area contributed by atoms with Crippen LogP contribution in [0.1, 0.15) is 25.5 Å². The molecule has 0 aliphatic rings. The van der Waals surface area contributed by atoms with E-state index in [1.807, 2.05) is 19.1 Å². The van der Waals surface area contributed by atoms with E-state index in [-0.39, 0.29) is 11.9 Å². The Balaban J connectivity index is 2.65. The molecule has 1 aromatic heterocycles. The second-order valence-electron chi connectivity index (χ2n) is 2.70. The predicted octanol–water partition coefficient (Wildman–Crippen LogP) is 1.28. The quantitative estimate of drug-likeness (QED) is 0.715. The van der Waals surface area contributed by atoms with Crippen molar-refractivity contribution in [3.8, 4) is 0 Å². The van der Waals surface area contributed by atoms with E-state index in [4.69, 9.17) is 0 Å². The van der Waals surface area contributed by atoms with Gasteiger partial charge in [0.05, 0.1) is 6.04 Å². The average molecular weight is 164 g/mol. The summed E-state index contributed by atoms with van der Waals surface area (Å²) in [4.78, 5) is 14.6. The first-order chi connectivity index (χ1) is 5.70. The lowest BCUT2D eigenvalue weighted by Gasteiger charge is -2.11. The molecule has 0 spiro atoms. The van der Waals surface area contributed by atoms with Crippen LogP contribution in [0.25, 0.3) is 0 Å². The molecule has 1 heterocycles. The van der Waals surface area contributed by atoms with Gasteiger partial charge in [-0.25, -0.2) is 0 Å². The van der Waals surface area contributed by atoms with Crippen molar-refractivity contribution >= 4 is 5.91 Å². The molecular formula is C9H12N2O. The van der Waals surface area contributed by atoms with Crippen molar-refractivity contribution < 1.29 is 4.79 Å². The minimum atomic E-state index is -0.0145. The third-order valence-corrected chi connectivity index (χ3v) is 1.63. The number of carbonyl (C=O) groups is 1. The first-order valence-electron chi connectivity index (χ1n) is 3.87. The topological polar surface area (TPSA) is 42.0 Å². The van der Waals surface area contributed by atoms with Gasteiger partial charge in [0.15, 0.2) is 0 Å². The zero-order valence-electron chi connectivity index (χ0n) is 7.24. The number of hydrogen-bond donors (Lipinski definition) is 1. The molecule has 64 valence electrons. The maximum absolute atomic E-state index is 10.7. The molecule has 0 bridgehead atoms. The summed E-state index contributed by atoms with van der Waals surface area (Å²) >= 11 is 0. The van der Waals surface area contributed by atoms with Gasteiger partial charge in [0.1, 0.15) is 0 Å². The van der Waals surface area contributed by atoms with Gasteiger partial charge in [-0.05, 0) is 24.6 Å². The summed E-state index contributed by atoms with van der Waals surface area (Å²) < 4.78 is 0. The molecule has 0 saturated carbocycles. The highest BCUT2D eigenvalue weighted by atomic mass is 16.1. The van der Waals surface area contributed by atoms with Gasteiger partial charge in [0.25, 0.3) is 0 Å². The first-order valence-corrected chi connectivity index (χ1v) is 3.87. The maximum atomic E-state index is 10.7. The Bertz CT molecular complexity index is 258. The summed E-state index contributed by atoms with van der Waals surface area (Å²) in [5, 5.41) is 2.79. The number of rotatable bonds is 2. The number of hydrogen-bond acceptors (Lipinski definition) is 2. The van der Waals surface area contributed by atoms with E-state index in [9.17, 15) is 4.79 Å². The van der Waals surface area contributed by atoms with Gasteiger partial charge in [-0.1, -0.05) is 0 Å². The Labute approximate surface area is 71.8 Å². The number of pyridine rings is 1. The molecule has 0 aliphatic carbocycles. The van der Waals surface area contributed by atoms with Crippen LogP contribution in [0.2, 0.25) is 0 Å². The molecule has 3 heteroatoms. The molecule has 1 atom stereocenters. The summed E-state index contributed by atoms with van der Waals surface area (Å²) in [7, 11) is 0. The minimum Gasteiger partial charge on any atom is -0.350 e. The van der Waals surface area contributed by atoms with Gasteiger partial charge < -0.3 is 5.32 Å². The lowest BCUT2D eigenvalue weighted by atomic mass is 10.1. The molecular weight excluding hydrogens is 152 g/mol. The summed E-state index contributed by atoms with van der Waals surface area (Å²) in [6.07, 6.45) is 3.43. The van der Waals surface area contributed by atoms with Crippen LogP contribution in [0.3, 0.4) is 0 Å². The highest BCUT2D eigenvalue weighted by Crippen LogP contribution is 2.09. The molecule has 1 rings (SSSR count). The number of nitrogens with one attached hydrogen (secondary N) is 1.